The molecule has 1 N–H and O–H groups in total. The first-order chi connectivity index (χ1) is 8.06. The lowest BCUT2D eigenvalue weighted by molar-refractivity contribution is -0.143. The predicted octanol–water partition coefficient (Wildman–Crippen LogP) is 2.61. The Morgan fingerprint density at radius 2 is 1.59 bits per heavy atom. The third-order valence-electron chi connectivity index (χ3n) is 4.46. The lowest BCUT2D eigenvalue weighted by atomic mass is 9.83. The number of hydrogen-bond acceptors (Lipinski definition) is 2. The Hall–Kier alpha value is -0.570. The van der Waals surface area contributed by atoms with Gasteiger partial charge in [0.05, 0.1) is 5.92 Å². The van der Waals surface area contributed by atoms with E-state index < -0.39 is 5.97 Å². The van der Waals surface area contributed by atoms with E-state index in [0.29, 0.717) is 6.04 Å². The van der Waals surface area contributed by atoms with E-state index in [9.17, 15) is 4.79 Å². The molecule has 17 heavy (non-hydrogen) atoms. The van der Waals surface area contributed by atoms with Gasteiger partial charge in [0.25, 0.3) is 0 Å². The second-order valence-electron chi connectivity index (χ2n) is 6.24. The van der Waals surface area contributed by atoms with E-state index in [-0.39, 0.29) is 5.92 Å². The molecule has 2 aliphatic rings. The molecule has 3 nitrogen and oxygen atoms in total. The lowest BCUT2D eigenvalue weighted by Gasteiger charge is -2.42. The molecule has 2 atom stereocenters. The highest BCUT2D eigenvalue weighted by Gasteiger charge is 2.32. The molecule has 1 saturated heterocycles. The van der Waals surface area contributed by atoms with Gasteiger partial charge < -0.3 is 5.11 Å². The number of piperidine rings is 1. The van der Waals surface area contributed by atoms with Crippen molar-refractivity contribution in [2.75, 3.05) is 13.1 Å². The van der Waals surface area contributed by atoms with Crippen LogP contribution in [0.5, 0.6) is 0 Å². The van der Waals surface area contributed by atoms with Crippen molar-refractivity contribution in [2.45, 2.75) is 52.0 Å². The summed E-state index contributed by atoms with van der Waals surface area (Å²) in [5, 5.41) is 9.01. The minimum Gasteiger partial charge on any atom is -0.481 e. The summed E-state index contributed by atoms with van der Waals surface area (Å²) >= 11 is 0. The van der Waals surface area contributed by atoms with Gasteiger partial charge in [0, 0.05) is 19.1 Å². The molecule has 1 aliphatic carbocycles. The molecule has 1 saturated carbocycles. The van der Waals surface area contributed by atoms with E-state index >= 15 is 0 Å². The van der Waals surface area contributed by atoms with Gasteiger partial charge in [-0.25, -0.2) is 0 Å². The van der Waals surface area contributed by atoms with Gasteiger partial charge in [-0.15, -0.1) is 0 Å². The van der Waals surface area contributed by atoms with Gasteiger partial charge >= 0.3 is 5.97 Å². The fraction of sp³-hybridized carbons (Fsp3) is 0.929. The van der Waals surface area contributed by atoms with E-state index in [0.717, 1.165) is 37.5 Å². The van der Waals surface area contributed by atoms with Crippen LogP contribution < -0.4 is 0 Å². The molecule has 1 heterocycles. The third kappa shape index (κ3) is 3.21. The Labute approximate surface area is 104 Å². The normalized spacial score (nSPS) is 40.1. The Morgan fingerprint density at radius 1 is 1.06 bits per heavy atom. The molecule has 2 fully saturated rings. The fourth-order valence-electron chi connectivity index (χ4n) is 3.70. The summed E-state index contributed by atoms with van der Waals surface area (Å²) in [7, 11) is 0. The summed E-state index contributed by atoms with van der Waals surface area (Å²) in [5.41, 5.74) is 0. The molecule has 3 heteroatoms. The van der Waals surface area contributed by atoms with Crippen LogP contribution in [0.3, 0.4) is 0 Å². The maximum Gasteiger partial charge on any atom is 0.306 e. The number of carboxylic acid groups (broad SMARTS) is 1. The summed E-state index contributed by atoms with van der Waals surface area (Å²) in [5.74, 6) is 0.932. The van der Waals surface area contributed by atoms with E-state index in [1.807, 2.05) is 0 Å². The minimum atomic E-state index is -0.594. The molecule has 1 aliphatic heterocycles. The first-order valence-corrected chi connectivity index (χ1v) is 7.03. The molecule has 0 amide bonds. The van der Waals surface area contributed by atoms with E-state index in [1.54, 1.807) is 0 Å². The molecule has 0 aromatic heterocycles. The second-order valence-corrected chi connectivity index (χ2v) is 6.24. The molecule has 0 aromatic rings. The number of hydrogen-bond donors (Lipinski definition) is 1. The zero-order chi connectivity index (χ0) is 12.4. The molecule has 0 aromatic carbocycles. The number of carbonyl (C=O) groups is 1. The molecule has 0 bridgehead atoms. The maximum absolute atomic E-state index is 10.9. The smallest absolute Gasteiger partial charge is 0.306 e. The van der Waals surface area contributed by atoms with Crippen LogP contribution in [0.4, 0.5) is 0 Å². The van der Waals surface area contributed by atoms with Crippen LogP contribution in [0.25, 0.3) is 0 Å². The van der Waals surface area contributed by atoms with Crippen LogP contribution in [-0.4, -0.2) is 35.1 Å². The molecular weight excluding hydrogens is 214 g/mol. The van der Waals surface area contributed by atoms with Crippen molar-refractivity contribution in [3.63, 3.8) is 0 Å². The predicted molar refractivity (Wildman–Crippen MR) is 67.9 cm³/mol. The number of carboxylic acids is 1. The Balaban J connectivity index is 1.85. The summed E-state index contributed by atoms with van der Waals surface area (Å²) in [4.78, 5) is 13.5. The summed E-state index contributed by atoms with van der Waals surface area (Å²) in [6, 6.07) is 0.649. The van der Waals surface area contributed by atoms with Crippen LogP contribution >= 0.6 is 0 Å². The fourth-order valence-corrected chi connectivity index (χ4v) is 3.70. The Kier molecular flexibility index (Phi) is 4.08. The maximum atomic E-state index is 10.9. The van der Waals surface area contributed by atoms with Crippen LogP contribution in [-0.2, 0) is 4.79 Å². The first kappa shape index (κ1) is 12.9. The summed E-state index contributed by atoms with van der Waals surface area (Å²) < 4.78 is 0. The van der Waals surface area contributed by atoms with Gasteiger partial charge in [-0.05, 0) is 43.9 Å². The summed E-state index contributed by atoms with van der Waals surface area (Å²) in [6.07, 6.45) is 5.26. The number of rotatable bonds is 2. The SMILES string of the molecule is C[C@H]1C[C@H](C)CN(C2CCC(C(=O)O)CC2)C1. The van der Waals surface area contributed by atoms with Crippen LogP contribution in [0.15, 0.2) is 0 Å². The highest BCUT2D eigenvalue weighted by Crippen LogP contribution is 2.31. The molecule has 98 valence electrons. The number of likely N-dealkylation sites (tertiary alicyclic amines) is 1. The van der Waals surface area contributed by atoms with Crippen molar-refractivity contribution >= 4 is 5.97 Å². The zero-order valence-electron chi connectivity index (χ0n) is 11.1. The summed E-state index contributed by atoms with van der Waals surface area (Å²) in [6.45, 7) is 7.11. The van der Waals surface area contributed by atoms with Crippen molar-refractivity contribution < 1.29 is 9.90 Å². The van der Waals surface area contributed by atoms with Gasteiger partial charge in [0.2, 0.25) is 0 Å². The van der Waals surface area contributed by atoms with Gasteiger partial charge in [0.1, 0.15) is 0 Å². The van der Waals surface area contributed by atoms with Gasteiger partial charge in [-0.3, -0.25) is 9.69 Å². The molecule has 0 radical (unpaired) electrons. The lowest BCUT2D eigenvalue weighted by Crippen LogP contribution is -2.46. The largest absolute Gasteiger partial charge is 0.481 e. The second kappa shape index (κ2) is 5.38. The van der Waals surface area contributed by atoms with Crippen molar-refractivity contribution in [1.29, 1.82) is 0 Å². The zero-order valence-corrected chi connectivity index (χ0v) is 11.1. The monoisotopic (exact) mass is 239 g/mol. The average molecular weight is 239 g/mol. The molecule has 0 unspecified atom stereocenters. The number of nitrogens with zero attached hydrogens (tertiary/aromatic N) is 1. The average Bonchev–Trinajstić information content (AvgIpc) is 2.28. The quantitative estimate of drug-likeness (QED) is 0.805. The van der Waals surface area contributed by atoms with Gasteiger partial charge in [-0.1, -0.05) is 13.8 Å². The van der Waals surface area contributed by atoms with E-state index in [1.165, 1.54) is 19.5 Å². The van der Waals surface area contributed by atoms with Gasteiger partial charge in [0.15, 0.2) is 0 Å². The minimum absolute atomic E-state index is 0.0779. The molecule has 0 spiro atoms. The van der Waals surface area contributed by atoms with Crippen molar-refractivity contribution in [3.8, 4) is 0 Å². The highest BCUT2D eigenvalue weighted by atomic mass is 16.4. The third-order valence-corrected chi connectivity index (χ3v) is 4.46. The highest BCUT2D eigenvalue weighted by molar-refractivity contribution is 5.70. The Morgan fingerprint density at radius 3 is 2.06 bits per heavy atom. The van der Waals surface area contributed by atoms with E-state index in [2.05, 4.69) is 18.7 Å². The first-order valence-electron chi connectivity index (χ1n) is 7.03. The van der Waals surface area contributed by atoms with E-state index in [4.69, 9.17) is 5.11 Å². The topological polar surface area (TPSA) is 40.5 Å². The van der Waals surface area contributed by atoms with Crippen molar-refractivity contribution in [1.82, 2.24) is 4.90 Å². The van der Waals surface area contributed by atoms with Crippen LogP contribution in [0.2, 0.25) is 0 Å². The van der Waals surface area contributed by atoms with Crippen molar-refractivity contribution in [3.05, 3.63) is 0 Å². The Bertz CT molecular complexity index is 261. The van der Waals surface area contributed by atoms with Crippen LogP contribution in [0.1, 0.15) is 46.0 Å². The molecule has 2 rings (SSSR count). The van der Waals surface area contributed by atoms with Gasteiger partial charge in [-0.2, -0.15) is 0 Å². The molecular formula is C14H25NO2. The number of aliphatic carboxylic acids is 1. The van der Waals surface area contributed by atoms with Crippen LogP contribution in [0, 0.1) is 17.8 Å². The standard InChI is InChI=1S/C14H25NO2/c1-10-7-11(2)9-15(8-10)13-5-3-12(4-6-13)14(16)17/h10-13H,3-9H2,1-2H3,(H,16,17)/t10-,11-,12?,13?/m0/s1. The van der Waals surface area contributed by atoms with Crippen molar-refractivity contribution in [2.24, 2.45) is 17.8 Å².